The lowest BCUT2D eigenvalue weighted by atomic mass is 9.98. The third-order valence-electron chi connectivity index (χ3n) is 3.39. The molecule has 0 aromatic heterocycles. The third-order valence-corrected chi connectivity index (χ3v) is 4.21. The second-order valence-corrected chi connectivity index (χ2v) is 5.79. The highest BCUT2D eigenvalue weighted by atomic mass is 35.5. The van der Waals surface area contributed by atoms with Crippen molar-refractivity contribution >= 4 is 23.2 Å². The smallest absolute Gasteiger partial charge is 0.166 e. The molecule has 0 saturated carbocycles. The molecule has 1 unspecified atom stereocenters. The summed E-state index contributed by atoms with van der Waals surface area (Å²) < 4.78 is 38.3. The molecule has 0 amide bonds. The first-order chi connectivity index (χ1) is 9.70. The van der Waals surface area contributed by atoms with Crippen LogP contribution in [-0.4, -0.2) is 0 Å². The Hall–Kier alpha value is -1.19. The minimum absolute atomic E-state index is 0.372. The van der Waals surface area contributed by atoms with Crippen LogP contribution < -0.4 is 0 Å². The van der Waals surface area contributed by atoms with E-state index in [0.717, 1.165) is 23.3 Å². The van der Waals surface area contributed by atoms with E-state index in [2.05, 4.69) is 0 Å². The number of rotatable bonds is 2. The van der Waals surface area contributed by atoms with Gasteiger partial charge in [-0.15, -0.1) is 11.6 Å². The quantitative estimate of drug-likeness (QED) is 0.566. The van der Waals surface area contributed by atoms with Crippen LogP contribution in [0.2, 0.25) is 5.02 Å². The zero-order valence-corrected chi connectivity index (χ0v) is 12.9. The molecule has 0 aliphatic heterocycles. The second-order valence-electron chi connectivity index (χ2n) is 4.94. The molecule has 2 rings (SSSR count). The van der Waals surface area contributed by atoms with E-state index in [4.69, 9.17) is 23.2 Å². The van der Waals surface area contributed by atoms with E-state index >= 15 is 0 Å². The number of benzene rings is 2. The maximum Gasteiger partial charge on any atom is 0.416 e. The van der Waals surface area contributed by atoms with E-state index in [1.54, 1.807) is 12.1 Å². The fourth-order valence-electron chi connectivity index (χ4n) is 2.05. The summed E-state index contributed by atoms with van der Waals surface area (Å²) in [5.41, 5.74) is 2.27. The van der Waals surface area contributed by atoms with Crippen LogP contribution in [0.4, 0.5) is 13.2 Å². The highest BCUT2D eigenvalue weighted by molar-refractivity contribution is 6.33. The van der Waals surface area contributed by atoms with Crippen LogP contribution in [0.25, 0.3) is 0 Å². The van der Waals surface area contributed by atoms with Crippen LogP contribution in [0, 0.1) is 13.8 Å². The highest BCUT2D eigenvalue weighted by Gasteiger charge is 2.31. The Kier molecular flexibility index (Phi) is 4.54. The summed E-state index contributed by atoms with van der Waals surface area (Å²) in [6.07, 6.45) is -4.39. The van der Waals surface area contributed by atoms with E-state index in [-0.39, 0.29) is 0 Å². The summed E-state index contributed by atoms with van der Waals surface area (Å²) in [6.45, 7) is 3.82. The first kappa shape index (κ1) is 16.2. The Labute approximate surface area is 131 Å². The average Bonchev–Trinajstić information content (AvgIpc) is 2.41. The van der Waals surface area contributed by atoms with Gasteiger partial charge in [0.25, 0.3) is 0 Å². The summed E-state index contributed by atoms with van der Waals surface area (Å²) in [6, 6.07) is 8.59. The van der Waals surface area contributed by atoms with Crippen molar-refractivity contribution in [3.63, 3.8) is 0 Å². The van der Waals surface area contributed by atoms with Gasteiger partial charge in [-0.1, -0.05) is 29.8 Å². The fraction of sp³-hybridized carbons (Fsp3) is 0.250. The Bertz CT molecular complexity index is 663. The van der Waals surface area contributed by atoms with Crippen molar-refractivity contribution in [1.29, 1.82) is 0 Å². The molecular formula is C16H13Cl2F3. The van der Waals surface area contributed by atoms with Crippen LogP contribution in [0.3, 0.4) is 0 Å². The van der Waals surface area contributed by atoms with Crippen molar-refractivity contribution < 1.29 is 13.2 Å². The van der Waals surface area contributed by atoms with Gasteiger partial charge in [-0.2, -0.15) is 13.2 Å². The molecule has 0 spiro atoms. The Balaban J connectivity index is 2.45. The number of hydrogen-bond donors (Lipinski definition) is 0. The molecule has 2 aromatic carbocycles. The largest absolute Gasteiger partial charge is 0.416 e. The van der Waals surface area contributed by atoms with Gasteiger partial charge in [0.1, 0.15) is 0 Å². The molecule has 0 saturated heterocycles. The topological polar surface area (TPSA) is 0 Å². The predicted octanol–water partition coefficient (Wildman–Crippen LogP) is 6.30. The van der Waals surface area contributed by atoms with Crippen molar-refractivity contribution in [3.05, 3.63) is 69.2 Å². The van der Waals surface area contributed by atoms with Crippen molar-refractivity contribution in [2.75, 3.05) is 0 Å². The summed E-state index contributed by atoms with van der Waals surface area (Å²) in [5, 5.41) is -0.269. The van der Waals surface area contributed by atoms with Gasteiger partial charge in [-0.3, -0.25) is 0 Å². The highest BCUT2D eigenvalue weighted by Crippen LogP contribution is 2.37. The fourth-order valence-corrected chi connectivity index (χ4v) is 2.75. The van der Waals surface area contributed by atoms with Gasteiger partial charge in [0.05, 0.1) is 10.9 Å². The molecule has 0 nitrogen and oxygen atoms in total. The van der Waals surface area contributed by atoms with Gasteiger partial charge in [-0.25, -0.2) is 0 Å². The standard InChI is InChI=1S/C16H13Cl2F3/c1-9-6-13(14(17)7-10(9)2)15(18)11-4-3-5-12(8-11)16(19,20)21/h3-8,15H,1-2H3. The van der Waals surface area contributed by atoms with Crippen molar-refractivity contribution in [1.82, 2.24) is 0 Å². The predicted molar refractivity (Wildman–Crippen MR) is 80.1 cm³/mol. The van der Waals surface area contributed by atoms with E-state index in [9.17, 15) is 13.2 Å². The molecule has 0 radical (unpaired) electrons. The summed E-state index contributed by atoms with van der Waals surface area (Å²) in [4.78, 5) is 0. The second kappa shape index (κ2) is 5.90. The Morgan fingerprint density at radius 3 is 2.24 bits per heavy atom. The number of halogens is 5. The molecule has 0 bridgehead atoms. The first-order valence-corrected chi connectivity index (χ1v) is 7.09. The molecule has 21 heavy (non-hydrogen) atoms. The van der Waals surface area contributed by atoms with Crippen molar-refractivity contribution in [2.45, 2.75) is 25.4 Å². The molecule has 0 aliphatic carbocycles. The lowest BCUT2D eigenvalue weighted by Gasteiger charge is -2.16. The van der Waals surface area contributed by atoms with Gasteiger partial charge in [0.15, 0.2) is 0 Å². The van der Waals surface area contributed by atoms with Gasteiger partial charge in [-0.05, 0) is 54.3 Å². The van der Waals surface area contributed by atoms with Gasteiger partial charge >= 0.3 is 6.18 Å². The van der Waals surface area contributed by atoms with Crippen LogP contribution in [0.5, 0.6) is 0 Å². The van der Waals surface area contributed by atoms with Crippen LogP contribution >= 0.6 is 23.2 Å². The van der Waals surface area contributed by atoms with Crippen LogP contribution in [0.1, 0.15) is 33.2 Å². The molecule has 0 N–H and O–H groups in total. The molecular weight excluding hydrogens is 320 g/mol. The van der Waals surface area contributed by atoms with Crippen LogP contribution in [-0.2, 0) is 6.18 Å². The monoisotopic (exact) mass is 332 g/mol. The van der Waals surface area contributed by atoms with Crippen LogP contribution in [0.15, 0.2) is 36.4 Å². The number of hydrogen-bond acceptors (Lipinski definition) is 0. The minimum Gasteiger partial charge on any atom is -0.166 e. The lowest BCUT2D eigenvalue weighted by Crippen LogP contribution is -2.06. The maximum absolute atomic E-state index is 12.8. The summed E-state index contributed by atoms with van der Waals surface area (Å²) in [5.74, 6) is 0. The van der Waals surface area contributed by atoms with E-state index in [0.29, 0.717) is 16.1 Å². The Morgan fingerprint density at radius 1 is 1.00 bits per heavy atom. The van der Waals surface area contributed by atoms with E-state index in [1.807, 2.05) is 19.9 Å². The van der Waals surface area contributed by atoms with E-state index in [1.165, 1.54) is 6.07 Å². The molecule has 2 aromatic rings. The summed E-state index contributed by atoms with van der Waals surface area (Å²) in [7, 11) is 0. The zero-order valence-electron chi connectivity index (χ0n) is 11.4. The zero-order chi connectivity index (χ0) is 15.8. The van der Waals surface area contributed by atoms with E-state index < -0.39 is 17.1 Å². The van der Waals surface area contributed by atoms with Crippen molar-refractivity contribution in [3.8, 4) is 0 Å². The number of aryl methyl sites for hydroxylation is 2. The molecule has 112 valence electrons. The van der Waals surface area contributed by atoms with Crippen molar-refractivity contribution in [2.24, 2.45) is 0 Å². The lowest BCUT2D eigenvalue weighted by molar-refractivity contribution is -0.137. The van der Waals surface area contributed by atoms with Gasteiger partial charge in [0, 0.05) is 5.02 Å². The van der Waals surface area contributed by atoms with Gasteiger partial charge in [0.2, 0.25) is 0 Å². The Morgan fingerprint density at radius 2 is 1.62 bits per heavy atom. The SMILES string of the molecule is Cc1cc(Cl)c(C(Cl)c2cccc(C(F)(F)F)c2)cc1C. The molecule has 1 atom stereocenters. The molecule has 0 heterocycles. The maximum atomic E-state index is 12.8. The number of alkyl halides is 4. The molecule has 0 fully saturated rings. The molecule has 0 aliphatic rings. The summed E-state index contributed by atoms with van der Waals surface area (Å²) >= 11 is 12.5. The normalized spacial score (nSPS) is 13.3. The third kappa shape index (κ3) is 3.53. The average molecular weight is 333 g/mol. The van der Waals surface area contributed by atoms with Gasteiger partial charge < -0.3 is 0 Å². The minimum atomic E-state index is -4.39. The molecule has 5 heteroatoms. The first-order valence-electron chi connectivity index (χ1n) is 6.28.